The van der Waals surface area contributed by atoms with Crippen LogP contribution in [0.5, 0.6) is 0 Å². The summed E-state index contributed by atoms with van der Waals surface area (Å²) in [6, 6.07) is 8.26. The summed E-state index contributed by atoms with van der Waals surface area (Å²) in [7, 11) is 1.44. The summed E-state index contributed by atoms with van der Waals surface area (Å²) >= 11 is 2.32. The molecule has 0 aliphatic rings. The Morgan fingerprint density at radius 3 is 2.56 bits per heavy atom. The molecule has 98 valence electrons. The van der Waals surface area contributed by atoms with Crippen LogP contribution in [0.4, 0.5) is 0 Å². The number of halogens is 1. The van der Waals surface area contributed by atoms with Crippen LogP contribution in [0.1, 0.15) is 18.4 Å². The van der Waals surface area contributed by atoms with E-state index in [9.17, 15) is 9.59 Å². The maximum atomic E-state index is 11.1. The molecule has 0 aliphatic heterocycles. The largest absolute Gasteiger partial charge is 0.351 e. The van der Waals surface area contributed by atoms with Gasteiger partial charge in [0.15, 0.2) is 0 Å². The Labute approximate surface area is 121 Å². The molecular weight excluding hydrogens is 343 g/mol. The van der Waals surface area contributed by atoms with Crippen molar-refractivity contribution in [3.63, 3.8) is 0 Å². The first-order valence-corrected chi connectivity index (χ1v) is 6.96. The van der Waals surface area contributed by atoms with Gasteiger partial charge in [-0.25, -0.2) is 0 Å². The Morgan fingerprint density at radius 2 is 1.89 bits per heavy atom. The number of hydrogen-bond donors (Lipinski definition) is 2. The SMILES string of the molecule is CNC(=O)C(=O)NCCCCc1ccccc1I. The topological polar surface area (TPSA) is 58.2 Å². The molecule has 0 aromatic heterocycles. The van der Waals surface area contributed by atoms with E-state index in [4.69, 9.17) is 0 Å². The zero-order valence-electron chi connectivity index (χ0n) is 10.3. The van der Waals surface area contributed by atoms with Gasteiger partial charge in [0.2, 0.25) is 0 Å². The van der Waals surface area contributed by atoms with Crippen LogP contribution in [0, 0.1) is 3.57 Å². The number of carbonyl (C=O) groups excluding carboxylic acids is 2. The van der Waals surface area contributed by atoms with Crippen molar-refractivity contribution < 1.29 is 9.59 Å². The van der Waals surface area contributed by atoms with Crippen molar-refractivity contribution in [2.24, 2.45) is 0 Å². The number of nitrogens with one attached hydrogen (secondary N) is 2. The summed E-state index contributed by atoms with van der Waals surface area (Å²) in [6.07, 6.45) is 2.86. The number of likely N-dealkylation sites (N-methyl/N-ethyl adjacent to an activating group) is 1. The summed E-state index contributed by atoms with van der Waals surface area (Å²) in [5.41, 5.74) is 1.33. The molecule has 1 aromatic carbocycles. The Hall–Kier alpha value is -1.11. The third kappa shape index (κ3) is 5.03. The van der Waals surface area contributed by atoms with E-state index in [-0.39, 0.29) is 0 Å². The van der Waals surface area contributed by atoms with E-state index < -0.39 is 11.8 Å². The van der Waals surface area contributed by atoms with E-state index in [1.54, 1.807) is 0 Å². The lowest BCUT2D eigenvalue weighted by molar-refractivity contribution is -0.138. The molecule has 0 fully saturated rings. The normalized spacial score (nSPS) is 9.89. The van der Waals surface area contributed by atoms with Gasteiger partial charge in [-0.1, -0.05) is 18.2 Å². The number of amides is 2. The second-order valence-corrected chi connectivity index (χ2v) is 5.05. The first kappa shape index (κ1) is 14.9. The molecule has 1 rings (SSSR count). The van der Waals surface area contributed by atoms with Crippen LogP contribution in [0.15, 0.2) is 24.3 Å². The van der Waals surface area contributed by atoms with Crippen LogP contribution in [-0.2, 0) is 16.0 Å². The molecule has 0 aliphatic carbocycles. The highest BCUT2D eigenvalue weighted by Gasteiger charge is 2.09. The van der Waals surface area contributed by atoms with Gasteiger partial charge in [0.1, 0.15) is 0 Å². The lowest BCUT2D eigenvalue weighted by atomic mass is 10.1. The average molecular weight is 360 g/mol. The molecule has 18 heavy (non-hydrogen) atoms. The highest BCUT2D eigenvalue weighted by atomic mass is 127. The molecule has 2 amide bonds. The Balaban J connectivity index is 2.18. The molecule has 0 bridgehead atoms. The lowest BCUT2D eigenvalue weighted by Crippen LogP contribution is -2.38. The summed E-state index contributed by atoms with van der Waals surface area (Å²) in [4.78, 5) is 22.1. The summed E-state index contributed by atoms with van der Waals surface area (Å²) in [6.45, 7) is 0.537. The van der Waals surface area contributed by atoms with Gasteiger partial charge >= 0.3 is 11.8 Å². The van der Waals surface area contributed by atoms with Gasteiger partial charge in [0, 0.05) is 17.2 Å². The van der Waals surface area contributed by atoms with Crippen molar-refractivity contribution in [3.05, 3.63) is 33.4 Å². The molecule has 5 heteroatoms. The van der Waals surface area contributed by atoms with E-state index in [1.807, 2.05) is 12.1 Å². The van der Waals surface area contributed by atoms with E-state index >= 15 is 0 Å². The minimum Gasteiger partial charge on any atom is -0.351 e. The van der Waals surface area contributed by atoms with Crippen molar-refractivity contribution in [2.75, 3.05) is 13.6 Å². The molecular formula is C13H17IN2O2. The van der Waals surface area contributed by atoms with Crippen LogP contribution in [0.3, 0.4) is 0 Å². The molecule has 0 spiro atoms. The molecule has 0 saturated heterocycles. The zero-order chi connectivity index (χ0) is 13.4. The monoisotopic (exact) mass is 360 g/mol. The average Bonchev–Trinajstić information content (AvgIpc) is 2.39. The third-order valence-corrected chi connectivity index (χ3v) is 3.60. The maximum absolute atomic E-state index is 11.1. The smallest absolute Gasteiger partial charge is 0.309 e. The molecule has 1 aromatic rings. The summed E-state index contributed by atoms with van der Waals surface area (Å²) in [5.74, 6) is -1.15. The molecule has 0 radical (unpaired) electrons. The second-order valence-electron chi connectivity index (χ2n) is 3.88. The minimum atomic E-state index is -0.590. The molecule has 2 N–H and O–H groups in total. The number of carbonyl (C=O) groups is 2. The molecule has 0 saturated carbocycles. The highest BCUT2D eigenvalue weighted by molar-refractivity contribution is 14.1. The van der Waals surface area contributed by atoms with E-state index in [0.29, 0.717) is 6.54 Å². The van der Waals surface area contributed by atoms with Crippen molar-refractivity contribution in [2.45, 2.75) is 19.3 Å². The third-order valence-electron chi connectivity index (χ3n) is 2.55. The summed E-state index contributed by atoms with van der Waals surface area (Å²) < 4.78 is 1.27. The standard InChI is InChI=1S/C13H17IN2O2/c1-15-12(17)13(18)16-9-5-4-7-10-6-2-3-8-11(10)14/h2-3,6,8H,4-5,7,9H2,1H3,(H,15,17)(H,16,18). The Morgan fingerprint density at radius 1 is 1.17 bits per heavy atom. The van der Waals surface area contributed by atoms with Gasteiger partial charge in [0.25, 0.3) is 0 Å². The fraction of sp³-hybridized carbons (Fsp3) is 0.385. The van der Waals surface area contributed by atoms with Crippen LogP contribution >= 0.6 is 22.6 Å². The van der Waals surface area contributed by atoms with Gasteiger partial charge in [-0.2, -0.15) is 0 Å². The first-order valence-electron chi connectivity index (χ1n) is 5.88. The predicted molar refractivity (Wildman–Crippen MR) is 79.2 cm³/mol. The molecule has 4 nitrogen and oxygen atoms in total. The van der Waals surface area contributed by atoms with Crippen molar-refractivity contribution in [1.82, 2.24) is 10.6 Å². The Bertz CT molecular complexity index is 421. The molecule has 0 atom stereocenters. The number of benzene rings is 1. The lowest BCUT2D eigenvalue weighted by Gasteiger charge is -2.05. The quantitative estimate of drug-likeness (QED) is 0.475. The van der Waals surface area contributed by atoms with Gasteiger partial charge in [0.05, 0.1) is 0 Å². The fourth-order valence-electron chi connectivity index (χ4n) is 1.54. The molecule has 0 heterocycles. The first-order chi connectivity index (χ1) is 8.65. The predicted octanol–water partition coefficient (Wildman–Crippen LogP) is 1.48. The van der Waals surface area contributed by atoms with Crippen LogP contribution < -0.4 is 10.6 Å². The fourth-order valence-corrected chi connectivity index (χ4v) is 2.19. The van der Waals surface area contributed by atoms with Gasteiger partial charge in [-0.15, -0.1) is 0 Å². The second kappa shape index (κ2) is 8.07. The van der Waals surface area contributed by atoms with Crippen LogP contribution in [-0.4, -0.2) is 25.4 Å². The van der Waals surface area contributed by atoms with Gasteiger partial charge in [-0.05, 0) is 53.5 Å². The van der Waals surface area contributed by atoms with Crippen molar-refractivity contribution in [1.29, 1.82) is 0 Å². The zero-order valence-corrected chi connectivity index (χ0v) is 12.5. The van der Waals surface area contributed by atoms with Gasteiger partial charge < -0.3 is 10.6 Å². The van der Waals surface area contributed by atoms with E-state index in [2.05, 4.69) is 45.4 Å². The number of rotatable bonds is 5. The Kier molecular flexibility index (Phi) is 6.70. The van der Waals surface area contributed by atoms with Crippen molar-refractivity contribution >= 4 is 34.4 Å². The van der Waals surface area contributed by atoms with Crippen molar-refractivity contribution in [3.8, 4) is 0 Å². The number of unbranched alkanes of at least 4 members (excludes halogenated alkanes) is 1. The van der Waals surface area contributed by atoms with Crippen LogP contribution in [0.2, 0.25) is 0 Å². The molecule has 0 unspecified atom stereocenters. The minimum absolute atomic E-state index is 0.537. The summed E-state index contributed by atoms with van der Waals surface area (Å²) in [5, 5.41) is 4.87. The van der Waals surface area contributed by atoms with E-state index in [1.165, 1.54) is 16.2 Å². The maximum Gasteiger partial charge on any atom is 0.309 e. The van der Waals surface area contributed by atoms with E-state index in [0.717, 1.165) is 19.3 Å². The number of aryl methyl sites for hydroxylation is 1. The van der Waals surface area contributed by atoms with Gasteiger partial charge in [-0.3, -0.25) is 9.59 Å². The van der Waals surface area contributed by atoms with Crippen LogP contribution in [0.25, 0.3) is 0 Å². The highest BCUT2D eigenvalue weighted by Crippen LogP contribution is 2.13. The number of hydrogen-bond acceptors (Lipinski definition) is 2.